The van der Waals surface area contributed by atoms with Gasteiger partial charge in [0.15, 0.2) is 5.16 Å². The van der Waals surface area contributed by atoms with Gasteiger partial charge in [-0.05, 0) is 36.1 Å². The molecular formula is C18H18ClN3O3S2. The van der Waals surface area contributed by atoms with Crippen LogP contribution in [-0.2, 0) is 16.1 Å². The molecule has 3 aromatic rings. The summed E-state index contributed by atoms with van der Waals surface area (Å²) in [5.41, 5.74) is 2.13. The van der Waals surface area contributed by atoms with E-state index in [1.54, 1.807) is 23.8 Å². The van der Waals surface area contributed by atoms with Crippen LogP contribution in [0.15, 0.2) is 39.6 Å². The van der Waals surface area contributed by atoms with Crippen molar-refractivity contribution in [2.45, 2.75) is 18.6 Å². The smallest absolute Gasteiger partial charge is 0.272 e. The Balaban J connectivity index is 1.78. The lowest BCUT2D eigenvalue weighted by Gasteiger charge is -2.12. The van der Waals surface area contributed by atoms with Crippen LogP contribution in [-0.4, -0.2) is 34.9 Å². The van der Waals surface area contributed by atoms with Crippen LogP contribution < -0.4 is 10.9 Å². The number of aromatic nitrogens is 2. The first kappa shape index (κ1) is 19.9. The van der Waals surface area contributed by atoms with Gasteiger partial charge in [0, 0.05) is 17.8 Å². The molecule has 0 spiro atoms. The number of ether oxygens (including phenoxy) is 1. The molecule has 0 atom stereocenters. The minimum absolute atomic E-state index is 0.111. The van der Waals surface area contributed by atoms with Gasteiger partial charge in [-0.25, -0.2) is 4.98 Å². The highest BCUT2D eigenvalue weighted by Crippen LogP contribution is 2.23. The van der Waals surface area contributed by atoms with E-state index in [0.29, 0.717) is 39.2 Å². The van der Waals surface area contributed by atoms with Crippen LogP contribution in [0, 0.1) is 6.92 Å². The van der Waals surface area contributed by atoms with Gasteiger partial charge in [0.2, 0.25) is 5.91 Å². The van der Waals surface area contributed by atoms with Gasteiger partial charge in [0.1, 0.15) is 4.70 Å². The Labute approximate surface area is 169 Å². The standard InChI is InChI=1S/C18H18ClN3O3S2/c1-11-3-4-12(19)9-14(11)20-15(23)10-27-18-21-13-5-8-26-16(13)17(24)22(18)6-7-25-2/h3-5,8-9H,6-7,10H2,1-2H3,(H,20,23). The number of rotatable bonds is 7. The molecule has 2 aromatic heterocycles. The van der Waals surface area contributed by atoms with E-state index in [9.17, 15) is 9.59 Å². The Morgan fingerprint density at radius 3 is 3.00 bits per heavy atom. The number of nitrogens with one attached hydrogen (secondary N) is 1. The molecule has 0 aliphatic rings. The Hall–Kier alpha value is -1.87. The number of anilines is 1. The van der Waals surface area contributed by atoms with Crippen LogP contribution in [0.2, 0.25) is 5.02 Å². The fourth-order valence-corrected chi connectivity index (χ4v) is 4.23. The fraction of sp³-hybridized carbons (Fsp3) is 0.278. The van der Waals surface area contributed by atoms with E-state index in [-0.39, 0.29) is 17.2 Å². The van der Waals surface area contributed by atoms with E-state index in [0.717, 1.165) is 5.56 Å². The molecule has 6 nitrogen and oxygen atoms in total. The third kappa shape index (κ3) is 4.70. The number of hydrogen-bond donors (Lipinski definition) is 1. The molecule has 1 N–H and O–H groups in total. The molecule has 0 radical (unpaired) electrons. The van der Waals surface area contributed by atoms with Gasteiger partial charge in [-0.2, -0.15) is 0 Å². The Morgan fingerprint density at radius 1 is 1.41 bits per heavy atom. The van der Waals surface area contributed by atoms with Gasteiger partial charge in [0.05, 0.1) is 24.4 Å². The number of fused-ring (bicyclic) bond motifs is 1. The first-order valence-electron chi connectivity index (χ1n) is 8.15. The maximum absolute atomic E-state index is 12.7. The normalized spacial score (nSPS) is 11.1. The molecular weight excluding hydrogens is 406 g/mol. The van der Waals surface area contributed by atoms with E-state index < -0.39 is 0 Å². The molecule has 0 aliphatic carbocycles. The third-order valence-corrected chi connectivity index (χ3v) is 5.96. The van der Waals surface area contributed by atoms with Crippen molar-refractivity contribution in [3.63, 3.8) is 0 Å². The molecule has 1 aromatic carbocycles. The number of carbonyl (C=O) groups excluding carboxylic acids is 1. The Kier molecular flexibility index (Phi) is 6.54. The highest BCUT2D eigenvalue weighted by molar-refractivity contribution is 7.99. The second-order valence-electron chi connectivity index (χ2n) is 5.78. The van der Waals surface area contributed by atoms with Gasteiger partial charge in [-0.3, -0.25) is 14.2 Å². The number of halogens is 1. The lowest BCUT2D eigenvalue weighted by molar-refractivity contribution is -0.113. The van der Waals surface area contributed by atoms with E-state index in [1.807, 2.05) is 24.4 Å². The number of nitrogens with zero attached hydrogens (tertiary/aromatic N) is 2. The predicted octanol–water partition coefficient (Wildman–Crippen LogP) is 3.80. The first-order valence-corrected chi connectivity index (χ1v) is 10.4. The molecule has 1 amide bonds. The maximum Gasteiger partial charge on any atom is 0.272 e. The van der Waals surface area contributed by atoms with Gasteiger partial charge >= 0.3 is 0 Å². The van der Waals surface area contributed by atoms with Crippen molar-refractivity contribution in [1.29, 1.82) is 0 Å². The topological polar surface area (TPSA) is 73.2 Å². The van der Waals surface area contributed by atoms with Crippen LogP contribution in [0.3, 0.4) is 0 Å². The summed E-state index contributed by atoms with van der Waals surface area (Å²) in [7, 11) is 1.58. The Bertz CT molecular complexity index is 1030. The Morgan fingerprint density at radius 2 is 2.22 bits per heavy atom. The van der Waals surface area contributed by atoms with Crippen molar-refractivity contribution < 1.29 is 9.53 Å². The van der Waals surface area contributed by atoms with E-state index in [4.69, 9.17) is 16.3 Å². The first-order chi connectivity index (χ1) is 13.0. The number of amides is 1. The summed E-state index contributed by atoms with van der Waals surface area (Å²) in [5.74, 6) is -0.0654. The number of carbonyl (C=O) groups is 1. The van der Waals surface area contributed by atoms with Crippen molar-refractivity contribution >= 4 is 56.5 Å². The largest absolute Gasteiger partial charge is 0.383 e. The SMILES string of the molecule is COCCn1c(SCC(=O)Nc2cc(Cl)ccc2C)nc2ccsc2c1=O. The van der Waals surface area contributed by atoms with Crippen molar-refractivity contribution in [3.8, 4) is 0 Å². The quantitative estimate of drug-likeness (QED) is 0.462. The highest BCUT2D eigenvalue weighted by atomic mass is 35.5. The fourth-order valence-electron chi connectivity index (χ4n) is 2.46. The molecule has 0 saturated carbocycles. The summed E-state index contributed by atoms with van der Waals surface area (Å²) >= 11 is 8.57. The summed E-state index contributed by atoms with van der Waals surface area (Å²) < 4.78 is 7.26. The lowest BCUT2D eigenvalue weighted by Crippen LogP contribution is -2.25. The molecule has 0 bridgehead atoms. The predicted molar refractivity (Wildman–Crippen MR) is 111 cm³/mol. The number of benzene rings is 1. The van der Waals surface area contributed by atoms with Gasteiger partial charge in [-0.1, -0.05) is 29.4 Å². The summed E-state index contributed by atoms with van der Waals surface area (Å²) in [6, 6.07) is 7.14. The lowest BCUT2D eigenvalue weighted by atomic mass is 10.2. The van der Waals surface area contributed by atoms with E-state index >= 15 is 0 Å². The van der Waals surface area contributed by atoms with Crippen molar-refractivity contribution in [2.75, 3.05) is 24.8 Å². The van der Waals surface area contributed by atoms with Crippen molar-refractivity contribution in [1.82, 2.24) is 9.55 Å². The maximum atomic E-state index is 12.7. The van der Waals surface area contributed by atoms with Crippen molar-refractivity contribution in [3.05, 3.63) is 50.6 Å². The summed E-state index contributed by atoms with van der Waals surface area (Å²) in [6.07, 6.45) is 0. The van der Waals surface area contributed by atoms with Crippen molar-refractivity contribution in [2.24, 2.45) is 0 Å². The average Bonchev–Trinajstić information content (AvgIpc) is 3.11. The number of thioether (sulfide) groups is 1. The molecule has 0 saturated heterocycles. The zero-order valence-corrected chi connectivity index (χ0v) is 17.2. The van der Waals surface area contributed by atoms with Crippen LogP contribution in [0.4, 0.5) is 5.69 Å². The molecule has 142 valence electrons. The zero-order valence-electron chi connectivity index (χ0n) is 14.8. The summed E-state index contributed by atoms with van der Waals surface area (Å²) in [4.78, 5) is 29.6. The second-order valence-corrected chi connectivity index (χ2v) is 8.07. The average molecular weight is 424 g/mol. The van der Waals surface area contributed by atoms with Crippen LogP contribution in [0.25, 0.3) is 10.2 Å². The summed E-state index contributed by atoms with van der Waals surface area (Å²) in [5, 5.41) is 5.74. The monoisotopic (exact) mass is 423 g/mol. The molecule has 3 rings (SSSR count). The highest BCUT2D eigenvalue weighted by Gasteiger charge is 2.14. The molecule has 0 aliphatic heterocycles. The van der Waals surface area contributed by atoms with E-state index in [1.165, 1.54) is 23.1 Å². The van der Waals surface area contributed by atoms with Gasteiger partial charge in [0.25, 0.3) is 5.56 Å². The van der Waals surface area contributed by atoms with E-state index in [2.05, 4.69) is 10.3 Å². The van der Waals surface area contributed by atoms with Gasteiger partial charge < -0.3 is 10.1 Å². The third-order valence-electron chi connectivity index (χ3n) is 3.86. The number of thiophene rings is 1. The molecule has 0 fully saturated rings. The zero-order chi connectivity index (χ0) is 19.4. The number of aryl methyl sites for hydroxylation is 1. The minimum Gasteiger partial charge on any atom is -0.383 e. The van der Waals surface area contributed by atoms with Gasteiger partial charge in [-0.15, -0.1) is 11.3 Å². The molecule has 9 heteroatoms. The summed E-state index contributed by atoms with van der Waals surface area (Å²) in [6.45, 7) is 2.67. The molecule has 2 heterocycles. The minimum atomic E-state index is -0.191. The van der Waals surface area contributed by atoms with Crippen LogP contribution in [0.1, 0.15) is 5.56 Å². The number of methoxy groups -OCH3 is 1. The van der Waals surface area contributed by atoms with Crippen LogP contribution >= 0.6 is 34.7 Å². The molecule has 27 heavy (non-hydrogen) atoms. The number of hydrogen-bond acceptors (Lipinski definition) is 6. The molecule has 0 unspecified atom stereocenters. The van der Waals surface area contributed by atoms with Crippen LogP contribution in [0.5, 0.6) is 0 Å². The second kappa shape index (κ2) is 8.88.